The molecule has 33 heavy (non-hydrogen) atoms. The lowest BCUT2D eigenvalue weighted by atomic mass is 9.86. The number of para-hydroxylation sites is 1. The number of amides is 2. The van der Waals surface area contributed by atoms with E-state index >= 15 is 0 Å². The molecule has 0 saturated carbocycles. The summed E-state index contributed by atoms with van der Waals surface area (Å²) in [4.78, 5) is 44.8. The van der Waals surface area contributed by atoms with E-state index in [0.29, 0.717) is 18.5 Å². The highest BCUT2D eigenvalue weighted by molar-refractivity contribution is 5.97. The summed E-state index contributed by atoms with van der Waals surface area (Å²) in [5.74, 6) is -0.172. The van der Waals surface area contributed by atoms with E-state index in [4.69, 9.17) is 0 Å². The molecule has 3 aromatic rings. The van der Waals surface area contributed by atoms with Gasteiger partial charge in [0, 0.05) is 41.7 Å². The number of hydrogen-bond acceptors (Lipinski definition) is 4. The Morgan fingerprint density at radius 2 is 1.94 bits per heavy atom. The first-order chi connectivity index (χ1) is 16.0. The van der Waals surface area contributed by atoms with Crippen LogP contribution in [0.15, 0.2) is 48.5 Å². The number of benzene rings is 2. The molecule has 0 spiro atoms. The van der Waals surface area contributed by atoms with Gasteiger partial charge in [0.25, 0.3) is 5.69 Å². The van der Waals surface area contributed by atoms with Crippen LogP contribution in [-0.4, -0.2) is 50.7 Å². The average molecular weight is 447 g/mol. The van der Waals surface area contributed by atoms with Crippen molar-refractivity contribution in [1.29, 1.82) is 0 Å². The van der Waals surface area contributed by atoms with Gasteiger partial charge in [0.15, 0.2) is 0 Å². The number of rotatable bonds is 6. The van der Waals surface area contributed by atoms with Crippen LogP contribution in [0.1, 0.15) is 49.0 Å². The summed E-state index contributed by atoms with van der Waals surface area (Å²) in [6.45, 7) is 2.72. The Hall–Kier alpha value is -3.68. The van der Waals surface area contributed by atoms with Crippen LogP contribution >= 0.6 is 0 Å². The number of hydrogen-bond donors (Lipinski definition) is 1. The molecule has 2 atom stereocenters. The van der Waals surface area contributed by atoms with Gasteiger partial charge in [-0.25, -0.2) is 0 Å². The van der Waals surface area contributed by atoms with E-state index in [1.54, 1.807) is 21.9 Å². The first-order valence-corrected chi connectivity index (χ1v) is 11.4. The zero-order valence-electron chi connectivity index (χ0n) is 18.5. The fourth-order valence-electron chi connectivity index (χ4n) is 5.22. The summed E-state index contributed by atoms with van der Waals surface area (Å²) >= 11 is 0. The quantitative estimate of drug-likeness (QED) is 0.352. The highest BCUT2D eigenvalue weighted by Gasteiger charge is 2.48. The molecule has 2 aliphatic heterocycles. The number of aromatic amines is 1. The topological polar surface area (TPSA) is 99.5 Å². The smallest absolute Gasteiger partial charge is 0.269 e. The van der Waals surface area contributed by atoms with Gasteiger partial charge >= 0.3 is 0 Å². The number of non-ortho nitro benzene ring substituents is 1. The third-order valence-electron chi connectivity index (χ3n) is 6.77. The van der Waals surface area contributed by atoms with Gasteiger partial charge in [0.2, 0.25) is 11.8 Å². The molecule has 2 amide bonds. The molecule has 0 bridgehead atoms. The SMILES string of the molecule is CCCCCN1CC(=O)N2[C@@H](c3cccc([N+](=O)[O-])c3)c3[nH]c4ccccc4c3C[C@@H]2C1=O. The Morgan fingerprint density at radius 1 is 1.12 bits per heavy atom. The zero-order chi connectivity index (χ0) is 23.1. The molecule has 2 aliphatic rings. The van der Waals surface area contributed by atoms with Crippen molar-refractivity contribution in [1.82, 2.24) is 14.8 Å². The summed E-state index contributed by atoms with van der Waals surface area (Å²) in [5, 5.41) is 12.5. The summed E-state index contributed by atoms with van der Waals surface area (Å²) in [7, 11) is 0. The van der Waals surface area contributed by atoms with Crippen molar-refractivity contribution in [3.05, 3.63) is 75.5 Å². The molecule has 5 rings (SSSR count). The van der Waals surface area contributed by atoms with E-state index < -0.39 is 17.0 Å². The largest absolute Gasteiger partial charge is 0.356 e. The normalized spacial score (nSPS) is 20.2. The fourth-order valence-corrected chi connectivity index (χ4v) is 5.22. The van der Waals surface area contributed by atoms with Crippen molar-refractivity contribution in [2.24, 2.45) is 0 Å². The Morgan fingerprint density at radius 3 is 2.73 bits per heavy atom. The molecular weight excluding hydrogens is 420 g/mol. The summed E-state index contributed by atoms with van der Waals surface area (Å²) < 4.78 is 0. The first-order valence-electron chi connectivity index (χ1n) is 11.4. The second-order valence-corrected chi connectivity index (χ2v) is 8.81. The lowest BCUT2D eigenvalue weighted by molar-refractivity contribution is -0.384. The molecule has 1 N–H and O–H groups in total. The van der Waals surface area contributed by atoms with Crippen molar-refractivity contribution >= 4 is 28.4 Å². The van der Waals surface area contributed by atoms with Gasteiger partial charge in [-0.3, -0.25) is 19.7 Å². The lowest BCUT2D eigenvalue weighted by Gasteiger charge is -2.47. The molecule has 2 aromatic carbocycles. The second-order valence-electron chi connectivity index (χ2n) is 8.81. The standard InChI is InChI=1S/C25H26N4O4/c1-2-3-6-12-27-15-22(30)28-21(25(27)31)14-19-18-10-4-5-11-20(18)26-23(19)24(28)16-8-7-9-17(13-16)29(32)33/h4-5,7-11,13,21,24,26H,2-3,6,12,14-15H2,1H3/t21-,24+/m1/s1. The van der Waals surface area contributed by atoms with Crippen LogP contribution in [0.5, 0.6) is 0 Å². The van der Waals surface area contributed by atoms with Crippen LogP contribution in [0.25, 0.3) is 10.9 Å². The third kappa shape index (κ3) is 3.55. The van der Waals surface area contributed by atoms with Crippen molar-refractivity contribution < 1.29 is 14.5 Å². The average Bonchev–Trinajstić information content (AvgIpc) is 3.19. The molecule has 1 fully saturated rings. The maximum atomic E-state index is 13.5. The Bertz CT molecular complexity index is 1250. The number of fused-ring (bicyclic) bond motifs is 4. The van der Waals surface area contributed by atoms with Gasteiger partial charge in [-0.05, 0) is 23.6 Å². The van der Waals surface area contributed by atoms with Gasteiger partial charge in [0.05, 0.1) is 17.5 Å². The number of aromatic nitrogens is 1. The van der Waals surface area contributed by atoms with Crippen LogP contribution < -0.4 is 0 Å². The van der Waals surface area contributed by atoms with Crippen LogP contribution in [-0.2, 0) is 16.0 Å². The molecule has 8 heteroatoms. The molecule has 0 unspecified atom stereocenters. The van der Waals surface area contributed by atoms with E-state index in [2.05, 4.69) is 11.9 Å². The van der Waals surface area contributed by atoms with Crippen molar-refractivity contribution in [2.45, 2.75) is 44.7 Å². The van der Waals surface area contributed by atoms with Gasteiger partial charge in [-0.15, -0.1) is 0 Å². The number of piperazine rings is 1. The number of nitro groups is 1. The van der Waals surface area contributed by atoms with E-state index in [1.807, 2.05) is 24.3 Å². The van der Waals surface area contributed by atoms with Crippen molar-refractivity contribution in [3.8, 4) is 0 Å². The van der Waals surface area contributed by atoms with Crippen molar-refractivity contribution in [3.63, 3.8) is 0 Å². The highest BCUT2D eigenvalue weighted by atomic mass is 16.6. The first kappa shape index (κ1) is 21.2. The molecule has 170 valence electrons. The number of carbonyl (C=O) groups is 2. The summed E-state index contributed by atoms with van der Waals surface area (Å²) in [6.07, 6.45) is 3.35. The molecule has 8 nitrogen and oxygen atoms in total. The monoisotopic (exact) mass is 446 g/mol. The summed E-state index contributed by atoms with van der Waals surface area (Å²) in [5.41, 5.74) is 3.34. The van der Waals surface area contributed by atoms with Gasteiger partial charge < -0.3 is 14.8 Å². The number of nitro benzene ring substituents is 1. The number of carbonyl (C=O) groups excluding carboxylic acids is 2. The van der Waals surface area contributed by atoms with Crippen LogP contribution in [0.4, 0.5) is 5.69 Å². The highest BCUT2D eigenvalue weighted by Crippen LogP contribution is 2.43. The Kier molecular flexibility index (Phi) is 5.36. The lowest BCUT2D eigenvalue weighted by Crippen LogP contribution is -2.63. The molecule has 1 saturated heterocycles. The Labute approximate surface area is 191 Å². The van der Waals surface area contributed by atoms with E-state index in [-0.39, 0.29) is 24.0 Å². The number of nitrogens with zero attached hydrogens (tertiary/aromatic N) is 3. The zero-order valence-corrected chi connectivity index (χ0v) is 18.5. The fraction of sp³-hybridized carbons (Fsp3) is 0.360. The maximum Gasteiger partial charge on any atom is 0.269 e. The van der Waals surface area contributed by atoms with Crippen molar-refractivity contribution in [2.75, 3.05) is 13.1 Å². The van der Waals surface area contributed by atoms with Gasteiger partial charge in [0.1, 0.15) is 6.04 Å². The van der Waals surface area contributed by atoms with Gasteiger partial charge in [-0.2, -0.15) is 0 Å². The third-order valence-corrected chi connectivity index (χ3v) is 6.77. The number of H-pyrrole nitrogens is 1. The maximum absolute atomic E-state index is 13.5. The van der Waals surface area contributed by atoms with Gasteiger partial charge in [-0.1, -0.05) is 50.1 Å². The van der Waals surface area contributed by atoms with Crippen LogP contribution in [0.3, 0.4) is 0 Å². The molecule has 0 radical (unpaired) electrons. The number of nitrogens with one attached hydrogen (secondary N) is 1. The molecule has 0 aliphatic carbocycles. The summed E-state index contributed by atoms with van der Waals surface area (Å²) in [6, 6.07) is 13.0. The minimum atomic E-state index is -0.621. The Balaban J connectivity index is 1.63. The van der Waals surface area contributed by atoms with E-state index in [9.17, 15) is 19.7 Å². The second kappa shape index (κ2) is 8.35. The van der Waals surface area contributed by atoms with E-state index in [1.165, 1.54) is 12.1 Å². The van der Waals surface area contributed by atoms with Crippen LogP contribution in [0, 0.1) is 10.1 Å². The van der Waals surface area contributed by atoms with Crippen LogP contribution in [0.2, 0.25) is 0 Å². The number of unbranched alkanes of at least 4 members (excludes halogenated alkanes) is 2. The predicted molar refractivity (Wildman–Crippen MR) is 124 cm³/mol. The molecule has 1 aromatic heterocycles. The minimum absolute atomic E-state index is 0.0377. The molecular formula is C25H26N4O4. The minimum Gasteiger partial charge on any atom is -0.356 e. The molecule has 3 heterocycles. The van der Waals surface area contributed by atoms with E-state index in [0.717, 1.165) is 41.4 Å². The predicted octanol–water partition coefficient (Wildman–Crippen LogP) is 3.95.